The molecule has 0 aromatic heterocycles. The Morgan fingerprint density at radius 3 is 1.46 bits per heavy atom. The van der Waals surface area contributed by atoms with Crippen LogP contribution in [0.3, 0.4) is 0 Å². The number of alkyl halides is 2. The fraction of sp³-hybridized carbons (Fsp3) is 1.00. The van der Waals surface area contributed by atoms with Crippen molar-refractivity contribution in [3.63, 3.8) is 0 Å². The highest BCUT2D eigenvalue weighted by Crippen LogP contribution is 2.28. The van der Waals surface area contributed by atoms with Crippen LogP contribution in [-0.2, 0) is 0 Å². The minimum Gasteiger partial charge on any atom is -0.0928 e. The van der Waals surface area contributed by atoms with E-state index in [1.165, 1.54) is 125 Å². The van der Waals surface area contributed by atoms with Crippen molar-refractivity contribution in [3.8, 4) is 0 Å². The Balaban J connectivity index is 0.000000240. The third-order valence-electron chi connectivity index (χ3n) is 5.94. The van der Waals surface area contributed by atoms with Crippen LogP contribution in [0, 0.1) is 11.8 Å². The van der Waals surface area contributed by atoms with Gasteiger partial charge in [0.15, 0.2) is 0 Å². The van der Waals surface area contributed by atoms with Crippen molar-refractivity contribution in [1.82, 2.24) is 0 Å². The second-order valence-electron chi connectivity index (χ2n) is 8.08. The Morgan fingerprint density at radius 2 is 1.04 bits per heavy atom. The first-order chi connectivity index (χ1) is 11.9. The second-order valence-corrected chi connectivity index (χ2v) is 9.96. The van der Waals surface area contributed by atoms with E-state index in [0.29, 0.717) is 0 Å². The van der Waals surface area contributed by atoms with E-state index >= 15 is 0 Å². The predicted molar refractivity (Wildman–Crippen MR) is 123 cm³/mol. The summed E-state index contributed by atoms with van der Waals surface area (Å²) in [6, 6.07) is 0. The Labute approximate surface area is 175 Å². The zero-order chi connectivity index (χ0) is 17.3. The van der Waals surface area contributed by atoms with Gasteiger partial charge in [-0.1, -0.05) is 141 Å². The lowest BCUT2D eigenvalue weighted by Gasteiger charge is -2.21. The van der Waals surface area contributed by atoms with Crippen LogP contribution in [0.1, 0.15) is 116 Å². The molecule has 0 saturated heterocycles. The summed E-state index contributed by atoms with van der Waals surface area (Å²) in [5.41, 5.74) is 0. The molecular formula is C22H42BrI. The van der Waals surface area contributed by atoms with Crippen molar-refractivity contribution in [2.75, 3.05) is 9.76 Å². The van der Waals surface area contributed by atoms with Crippen LogP contribution in [0.5, 0.6) is 0 Å². The van der Waals surface area contributed by atoms with E-state index in [0.717, 1.165) is 11.8 Å². The molecule has 2 rings (SSSR count). The summed E-state index contributed by atoms with van der Waals surface area (Å²) in [7, 11) is 0. The molecule has 0 bridgehead atoms. The molecule has 0 unspecified atom stereocenters. The van der Waals surface area contributed by atoms with E-state index in [4.69, 9.17) is 0 Å². The highest BCUT2D eigenvalue weighted by molar-refractivity contribution is 14.1. The molecule has 2 aliphatic rings. The third-order valence-corrected chi connectivity index (χ3v) is 7.27. The highest BCUT2D eigenvalue weighted by Gasteiger charge is 2.12. The summed E-state index contributed by atoms with van der Waals surface area (Å²) < 4.78 is 1.35. The van der Waals surface area contributed by atoms with E-state index in [1.807, 2.05) is 0 Å². The molecule has 0 aromatic rings. The van der Waals surface area contributed by atoms with Crippen LogP contribution in [0.2, 0.25) is 0 Å². The molecule has 0 aliphatic heterocycles. The smallest absolute Gasteiger partial charge is 0.00313 e. The zero-order valence-electron chi connectivity index (χ0n) is 16.1. The van der Waals surface area contributed by atoms with Crippen LogP contribution in [-0.4, -0.2) is 9.76 Å². The van der Waals surface area contributed by atoms with Gasteiger partial charge >= 0.3 is 0 Å². The lowest BCUT2D eigenvalue weighted by atomic mass is 9.86. The van der Waals surface area contributed by atoms with Gasteiger partial charge in [-0.05, 0) is 29.1 Å². The molecule has 0 aromatic carbocycles. The van der Waals surface area contributed by atoms with Crippen molar-refractivity contribution < 1.29 is 0 Å². The lowest BCUT2D eigenvalue weighted by molar-refractivity contribution is 0.329. The summed E-state index contributed by atoms with van der Waals surface area (Å²) in [6.45, 7) is 0. The van der Waals surface area contributed by atoms with Crippen LogP contribution in [0.25, 0.3) is 0 Å². The topological polar surface area (TPSA) is 0 Å². The van der Waals surface area contributed by atoms with Gasteiger partial charge in [0.25, 0.3) is 0 Å². The summed E-state index contributed by atoms with van der Waals surface area (Å²) >= 11 is 5.96. The number of hydrogen-bond acceptors (Lipinski definition) is 0. The van der Waals surface area contributed by atoms with Crippen LogP contribution < -0.4 is 0 Å². The van der Waals surface area contributed by atoms with Crippen LogP contribution in [0.4, 0.5) is 0 Å². The molecule has 144 valence electrons. The maximum Gasteiger partial charge on any atom is 0.00313 e. The average molecular weight is 513 g/mol. The molecule has 0 heterocycles. The lowest BCUT2D eigenvalue weighted by Crippen LogP contribution is -2.05. The van der Waals surface area contributed by atoms with Crippen molar-refractivity contribution in [2.24, 2.45) is 11.8 Å². The maximum atomic E-state index is 3.48. The van der Waals surface area contributed by atoms with Gasteiger partial charge in [0.05, 0.1) is 0 Å². The molecule has 2 saturated carbocycles. The molecule has 24 heavy (non-hydrogen) atoms. The van der Waals surface area contributed by atoms with E-state index in [-0.39, 0.29) is 0 Å². The minimum absolute atomic E-state index is 1.09. The van der Waals surface area contributed by atoms with E-state index < -0.39 is 0 Å². The first-order valence-corrected chi connectivity index (χ1v) is 13.6. The van der Waals surface area contributed by atoms with Crippen molar-refractivity contribution in [2.45, 2.75) is 116 Å². The SMILES string of the molecule is BrCCCCCC1CCCCC1.ICCCCCC1CCCCC1. The minimum atomic E-state index is 1.09. The fourth-order valence-electron chi connectivity index (χ4n) is 4.36. The number of halogens is 2. The average Bonchev–Trinajstić information content (AvgIpc) is 2.65. The van der Waals surface area contributed by atoms with Crippen molar-refractivity contribution in [1.29, 1.82) is 0 Å². The molecule has 0 radical (unpaired) electrons. The zero-order valence-corrected chi connectivity index (χ0v) is 19.8. The first kappa shape index (κ1) is 23.2. The number of rotatable bonds is 10. The van der Waals surface area contributed by atoms with Crippen LogP contribution >= 0.6 is 38.5 Å². The highest BCUT2D eigenvalue weighted by atomic mass is 127. The van der Waals surface area contributed by atoms with Gasteiger partial charge in [0.1, 0.15) is 0 Å². The molecule has 0 atom stereocenters. The largest absolute Gasteiger partial charge is 0.0928 e. The first-order valence-electron chi connectivity index (χ1n) is 11.0. The molecule has 0 amide bonds. The summed E-state index contributed by atoms with van der Waals surface area (Å²) in [5, 5.41) is 1.19. The summed E-state index contributed by atoms with van der Waals surface area (Å²) in [5.74, 6) is 2.20. The molecule has 2 heteroatoms. The molecule has 2 fully saturated rings. The normalized spacial score (nSPS) is 19.8. The standard InChI is InChI=1S/C11H21Br.C11H21I/c2*12-10-6-2-5-9-11-7-3-1-4-8-11/h2*11H,1-10H2. The quantitative estimate of drug-likeness (QED) is 0.155. The number of hydrogen-bond donors (Lipinski definition) is 0. The molecule has 0 spiro atoms. The van der Waals surface area contributed by atoms with E-state index in [2.05, 4.69) is 38.5 Å². The fourth-order valence-corrected chi connectivity index (χ4v) is 5.30. The molecule has 0 nitrogen and oxygen atoms in total. The second kappa shape index (κ2) is 17.6. The Morgan fingerprint density at radius 1 is 0.583 bits per heavy atom. The van der Waals surface area contributed by atoms with Crippen LogP contribution in [0.15, 0.2) is 0 Å². The van der Waals surface area contributed by atoms with Gasteiger partial charge in [-0.2, -0.15) is 0 Å². The van der Waals surface area contributed by atoms with Gasteiger partial charge in [0, 0.05) is 5.33 Å². The summed E-state index contributed by atoms with van der Waals surface area (Å²) in [6.07, 6.45) is 26.8. The molecule has 0 N–H and O–H groups in total. The Hall–Kier alpha value is 1.21. The van der Waals surface area contributed by atoms with Gasteiger partial charge in [0.2, 0.25) is 0 Å². The third kappa shape index (κ3) is 13.4. The predicted octanol–water partition coefficient (Wildman–Crippen LogP) is 9.08. The van der Waals surface area contributed by atoms with Gasteiger partial charge < -0.3 is 0 Å². The molecular weight excluding hydrogens is 471 g/mol. The van der Waals surface area contributed by atoms with Gasteiger partial charge in [-0.25, -0.2) is 0 Å². The van der Waals surface area contributed by atoms with Gasteiger partial charge in [-0.15, -0.1) is 0 Å². The van der Waals surface area contributed by atoms with Crippen molar-refractivity contribution in [3.05, 3.63) is 0 Å². The van der Waals surface area contributed by atoms with E-state index in [9.17, 15) is 0 Å². The Bertz CT molecular complexity index is 218. The van der Waals surface area contributed by atoms with E-state index in [1.54, 1.807) is 0 Å². The monoisotopic (exact) mass is 512 g/mol. The van der Waals surface area contributed by atoms with Gasteiger partial charge in [-0.3, -0.25) is 0 Å². The summed E-state index contributed by atoms with van der Waals surface area (Å²) in [4.78, 5) is 0. The Kier molecular flexibility index (Phi) is 17.1. The molecule has 2 aliphatic carbocycles. The van der Waals surface area contributed by atoms with Crippen molar-refractivity contribution >= 4 is 38.5 Å². The number of unbranched alkanes of at least 4 members (excludes halogenated alkanes) is 4. The maximum absolute atomic E-state index is 3.48.